The molecule has 0 aromatic heterocycles. The number of rotatable bonds is 43. The van der Waals surface area contributed by atoms with Crippen molar-refractivity contribution in [3.05, 3.63) is 72.9 Å². The molecule has 8 atom stereocenters. The summed E-state index contributed by atoms with van der Waals surface area (Å²) in [4.78, 5) is 35.8. The molecule has 1 aliphatic rings. The largest absolute Gasteiger partial charge is 0.472 e. The van der Waals surface area contributed by atoms with Crippen LogP contribution in [0.3, 0.4) is 0 Å². The Morgan fingerprint density at radius 1 is 0.471 bits per heavy atom. The topological polar surface area (TPSA) is 210 Å². The molecule has 0 bridgehead atoms. The Morgan fingerprint density at radius 2 is 0.838 bits per heavy atom. The maximum absolute atomic E-state index is 12.9. The number of aliphatic hydroxyl groups is 5. The van der Waals surface area contributed by atoms with Crippen molar-refractivity contribution in [1.29, 1.82) is 0 Å². The predicted octanol–water partition coefficient (Wildman–Crippen LogP) is 11.5. The first-order valence-corrected chi connectivity index (χ1v) is 27.7. The predicted molar refractivity (Wildman–Crippen MR) is 272 cm³/mol. The molecule has 1 aliphatic carbocycles. The molecule has 6 unspecified atom stereocenters. The first kappa shape index (κ1) is 63.3. The van der Waals surface area contributed by atoms with Crippen LogP contribution in [0.5, 0.6) is 0 Å². The van der Waals surface area contributed by atoms with Gasteiger partial charge in [0.05, 0.1) is 6.61 Å². The molecule has 392 valence electrons. The summed E-state index contributed by atoms with van der Waals surface area (Å²) in [6.07, 6.45) is 42.5. The third kappa shape index (κ3) is 34.6. The third-order valence-electron chi connectivity index (χ3n) is 11.8. The van der Waals surface area contributed by atoms with E-state index in [1.807, 2.05) is 18.2 Å². The molecule has 14 heteroatoms. The van der Waals surface area contributed by atoms with Crippen LogP contribution in [0.1, 0.15) is 200 Å². The fraction of sp³-hybridized carbons (Fsp3) is 0.741. The standard InChI is InChI=1S/C54H93O13P/c1-3-5-7-9-11-13-15-17-19-21-23-25-26-28-30-32-34-36-38-40-42-47(55)64-44-46(45-65-68(62,63)67-54-52(60)50(58)49(57)51(59)53(54)61)66-48(56)43-41-39-37-35-33-31-29-27-24-22-20-18-16-14-12-10-8-6-4-2/h6,8,12,14,18,20,24,27,31,33,37,39,46,49-54,57-61H,3-5,7,9-11,13,15-17,19,21-23,25-26,28-30,32,34-36,38,40-45H2,1-2H3,(H,62,63)/b8-6+,14-12+,20-18+,27-24+,33-31+,39-37+/t46-,49?,50-,51?,52?,53?,54?/m0/s1. The van der Waals surface area contributed by atoms with Gasteiger partial charge in [0, 0.05) is 12.8 Å². The molecular formula is C54H93O13P. The lowest BCUT2D eigenvalue weighted by molar-refractivity contribution is -0.220. The van der Waals surface area contributed by atoms with Crippen LogP contribution in [0.15, 0.2) is 72.9 Å². The lowest BCUT2D eigenvalue weighted by atomic mass is 9.85. The fourth-order valence-corrected chi connectivity index (χ4v) is 8.64. The highest BCUT2D eigenvalue weighted by molar-refractivity contribution is 7.47. The molecule has 0 amide bonds. The number of phosphoric ester groups is 1. The van der Waals surface area contributed by atoms with Gasteiger partial charge in [-0.15, -0.1) is 0 Å². The number of esters is 2. The van der Waals surface area contributed by atoms with Gasteiger partial charge in [-0.25, -0.2) is 4.57 Å². The Morgan fingerprint density at radius 3 is 1.25 bits per heavy atom. The van der Waals surface area contributed by atoms with Gasteiger partial charge in [-0.1, -0.05) is 209 Å². The minimum atomic E-state index is -5.15. The van der Waals surface area contributed by atoms with E-state index < -0.39 is 75.7 Å². The van der Waals surface area contributed by atoms with E-state index in [0.717, 1.165) is 51.4 Å². The molecule has 1 saturated carbocycles. The average molecular weight is 981 g/mol. The molecular weight excluding hydrogens is 888 g/mol. The van der Waals surface area contributed by atoms with Crippen LogP contribution >= 0.6 is 7.82 Å². The second-order valence-electron chi connectivity index (χ2n) is 18.0. The zero-order valence-electron chi connectivity index (χ0n) is 41.9. The van der Waals surface area contributed by atoms with E-state index in [2.05, 4.69) is 68.5 Å². The van der Waals surface area contributed by atoms with Crippen molar-refractivity contribution >= 4 is 19.8 Å². The molecule has 13 nitrogen and oxygen atoms in total. The normalized spacial score (nSPS) is 21.6. The van der Waals surface area contributed by atoms with Gasteiger partial charge in [0.25, 0.3) is 0 Å². The summed E-state index contributed by atoms with van der Waals surface area (Å²) in [7, 11) is -5.15. The number of allylic oxidation sites excluding steroid dienone is 12. The molecule has 0 radical (unpaired) electrons. The molecule has 1 fully saturated rings. The van der Waals surface area contributed by atoms with Crippen LogP contribution in [0.25, 0.3) is 0 Å². The lowest BCUT2D eigenvalue weighted by Gasteiger charge is -2.41. The van der Waals surface area contributed by atoms with Crippen molar-refractivity contribution in [3.8, 4) is 0 Å². The fourth-order valence-electron chi connectivity index (χ4n) is 7.67. The van der Waals surface area contributed by atoms with E-state index in [9.17, 15) is 44.6 Å². The minimum absolute atomic E-state index is 0.0299. The quantitative estimate of drug-likeness (QED) is 0.0146. The van der Waals surface area contributed by atoms with E-state index in [-0.39, 0.29) is 12.8 Å². The Hall–Kier alpha value is -2.71. The number of ether oxygens (including phenoxy) is 2. The SMILES string of the molecule is CC/C=C/C/C=C/C/C=C/C/C=C/C/C=C/C/C=C/CCC(=O)O[C@@H](COC(=O)CCCCCCCCCCCCCCCCCCCCCC)COP(=O)(O)OC1C(O)C(O)C(O)[C@H](O)C1O. The summed E-state index contributed by atoms with van der Waals surface area (Å²) in [6.45, 7) is 3.15. The van der Waals surface area contributed by atoms with Crippen molar-refractivity contribution in [2.24, 2.45) is 0 Å². The first-order valence-electron chi connectivity index (χ1n) is 26.2. The summed E-state index contributed by atoms with van der Waals surface area (Å²) < 4.78 is 33.6. The maximum atomic E-state index is 12.9. The molecule has 0 spiro atoms. The molecule has 1 rings (SSSR count). The van der Waals surface area contributed by atoms with Crippen molar-refractivity contribution in [2.75, 3.05) is 13.2 Å². The molecule has 68 heavy (non-hydrogen) atoms. The van der Waals surface area contributed by atoms with E-state index >= 15 is 0 Å². The summed E-state index contributed by atoms with van der Waals surface area (Å²) >= 11 is 0. The number of aliphatic hydroxyl groups excluding tert-OH is 5. The summed E-state index contributed by atoms with van der Waals surface area (Å²) in [5.41, 5.74) is 0. The minimum Gasteiger partial charge on any atom is -0.462 e. The first-order chi connectivity index (χ1) is 32.9. The van der Waals surface area contributed by atoms with Crippen LogP contribution in [-0.4, -0.2) is 98.3 Å². The van der Waals surface area contributed by atoms with Gasteiger partial charge in [0.15, 0.2) is 6.10 Å². The van der Waals surface area contributed by atoms with Gasteiger partial charge < -0.3 is 39.9 Å². The van der Waals surface area contributed by atoms with Crippen LogP contribution in [0, 0.1) is 0 Å². The maximum Gasteiger partial charge on any atom is 0.472 e. The van der Waals surface area contributed by atoms with Gasteiger partial charge in [-0.2, -0.15) is 0 Å². The summed E-state index contributed by atoms with van der Waals surface area (Å²) in [6, 6.07) is 0. The van der Waals surface area contributed by atoms with Gasteiger partial charge in [-0.3, -0.25) is 18.6 Å². The Labute approximate surface area is 410 Å². The van der Waals surface area contributed by atoms with E-state index in [1.165, 1.54) is 103 Å². The summed E-state index contributed by atoms with van der Waals surface area (Å²) in [5.74, 6) is -1.19. The number of carbonyl (C=O) groups is 2. The summed E-state index contributed by atoms with van der Waals surface area (Å²) in [5, 5.41) is 50.3. The molecule has 0 aromatic rings. The van der Waals surface area contributed by atoms with Crippen LogP contribution in [-0.2, 0) is 32.7 Å². The molecule has 0 aromatic carbocycles. The highest BCUT2D eigenvalue weighted by atomic mass is 31.2. The average Bonchev–Trinajstić information content (AvgIpc) is 3.32. The highest BCUT2D eigenvalue weighted by Crippen LogP contribution is 2.47. The highest BCUT2D eigenvalue weighted by Gasteiger charge is 2.51. The smallest absolute Gasteiger partial charge is 0.462 e. The van der Waals surface area contributed by atoms with Gasteiger partial charge in [-0.05, 0) is 51.4 Å². The molecule has 6 N–H and O–H groups in total. The number of unbranched alkanes of at least 4 members (excludes halogenated alkanes) is 19. The Bertz CT molecular complexity index is 1460. The third-order valence-corrected chi connectivity index (χ3v) is 12.8. The van der Waals surface area contributed by atoms with Crippen molar-refractivity contribution in [1.82, 2.24) is 0 Å². The zero-order valence-corrected chi connectivity index (χ0v) is 42.8. The Balaban J connectivity index is 2.44. The number of carbonyl (C=O) groups excluding carboxylic acids is 2. The van der Waals surface area contributed by atoms with Crippen LogP contribution < -0.4 is 0 Å². The molecule has 0 saturated heterocycles. The van der Waals surface area contributed by atoms with Crippen molar-refractivity contribution < 1.29 is 63.1 Å². The monoisotopic (exact) mass is 981 g/mol. The van der Waals surface area contributed by atoms with E-state index in [1.54, 1.807) is 0 Å². The van der Waals surface area contributed by atoms with Crippen molar-refractivity contribution in [2.45, 2.75) is 243 Å². The van der Waals surface area contributed by atoms with Gasteiger partial charge in [0.2, 0.25) is 0 Å². The number of hydrogen-bond acceptors (Lipinski definition) is 12. The molecule has 0 heterocycles. The van der Waals surface area contributed by atoms with Crippen LogP contribution in [0.2, 0.25) is 0 Å². The van der Waals surface area contributed by atoms with Crippen molar-refractivity contribution in [3.63, 3.8) is 0 Å². The zero-order chi connectivity index (χ0) is 49.9. The van der Waals surface area contributed by atoms with Crippen LogP contribution in [0.4, 0.5) is 0 Å². The second-order valence-corrected chi connectivity index (χ2v) is 19.4. The Kier molecular flexibility index (Phi) is 40.1. The number of hydrogen-bond donors (Lipinski definition) is 6. The number of phosphoric acid groups is 1. The van der Waals surface area contributed by atoms with E-state index in [0.29, 0.717) is 19.3 Å². The van der Waals surface area contributed by atoms with Gasteiger partial charge in [0.1, 0.15) is 43.2 Å². The molecule has 0 aliphatic heterocycles. The lowest BCUT2D eigenvalue weighted by Crippen LogP contribution is -2.64. The van der Waals surface area contributed by atoms with E-state index in [4.69, 9.17) is 18.5 Å². The second kappa shape index (κ2) is 43.1. The van der Waals surface area contributed by atoms with Gasteiger partial charge >= 0.3 is 19.8 Å².